The van der Waals surface area contributed by atoms with Crippen LogP contribution >= 0.6 is 0 Å². The van der Waals surface area contributed by atoms with Gasteiger partial charge in [0.2, 0.25) is 10.0 Å². The molecule has 0 aliphatic heterocycles. The minimum absolute atomic E-state index is 0.236. The summed E-state index contributed by atoms with van der Waals surface area (Å²) in [5.41, 5.74) is 0.200. The first-order valence-corrected chi connectivity index (χ1v) is 7.93. The van der Waals surface area contributed by atoms with Gasteiger partial charge in [0.25, 0.3) is 0 Å². The molecule has 19 heavy (non-hydrogen) atoms. The van der Waals surface area contributed by atoms with E-state index in [1.807, 2.05) is 0 Å². The van der Waals surface area contributed by atoms with Gasteiger partial charge in [-0.05, 0) is 44.2 Å². The molecule has 2 rings (SSSR count). The molecule has 1 aliphatic carbocycles. The molecule has 3 N–H and O–H groups in total. The fourth-order valence-electron chi connectivity index (χ4n) is 2.35. The molecule has 106 valence electrons. The highest BCUT2D eigenvalue weighted by molar-refractivity contribution is 7.89. The first-order valence-electron chi connectivity index (χ1n) is 6.45. The molecule has 1 aromatic carbocycles. The minimum atomic E-state index is -3.38. The SMILES string of the molecule is CNS(=O)(=O)c1ccc(NCC2(O)CCCC2)cc1. The summed E-state index contributed by atoms with van der Waals surface area (Å²) in [5.74, 6) is 0. The third-order valence-corrected chi connectivity index (χ3v) is 5.02. The summed E-state index contributed by atoms with van der Waals surface area (Å²) >= 11 is 0. The fraction of sp³-hybridized carbons (Fsp3) is 0.538. The second-order valence-corrected chi connectivity index (χ2v) is 6.90. The number of anilines is 1. The van der Waals surface area contributed by atoms with Gasteiger partial charge in [-0.2, -0.15) is 0 Å². The van der Waals surface area contributed by atoms with Crippen LogP contribution in [0, 0.1) is 0 Å². The average molecular weight is 284 g/mol. The van der Waals surface area contributed by atoms with Crippen molar-refractivity contribution in [3.05, 3.63) is 24.3 Å². The largest absolute Gasteiger partial charge is 0.388 e. The number of rotatable bonds is 5. The van der Waals surface area contributed by atoms with E-state index in [0.717, 1.165) is 31.4 Å². The number of nitrogens with one attached hydrogen (secondary N) is 2. The molecule has 0 bridgehead atoms. The van der Waals surface area contributed by atoms with Crippen molar-refractivity contribution in [3.63, 3.8) is 0 Å². The average Bonchev–Trinajstić information content (AvgIpc) is 2.84. The summed E-state index contributed by atoms with van der Waals surface area (Å²) in [6.45, 7) is 0.505. The Kier molecular flexibility index (Phi) is 4.13. The van der Waals surface area contributed by atoms with Crippen molar-refractivity contribution >= 4 is 15.7 Å². The first kappa shape index (κ1) is 14.3. The molecular weight excluding hydrogens is 264 g/mol. The number of hydrogen-bond donors (Lipinski definition) is 3. The Labute approximate surface area is 114 Å². The molecular formula is C13H20N2O3S. The Balaban J connectivity index is 1.99. The van der Waals surface area contributed by atoms with Gasteiger partial charge in [0.05, 0.1) is 10.5 Å². The van der Waals surface area contributed by atoms with E-state index in [-0.39, 0.29) is 4.90 Å². The third-order valence-electron chi connectivity index (χ3n) is 3.59. The normalized spacial score (nSPS) is 18.4. The zero-order valence-corrected chi connectivity index (χ0v) is 11.8. The number of benzene rings is 1. The maximum atomic E-state index is 11.6. The fourth-order valence-corrected chi connectivity index (χ4v) is 3.08. The molecule has 1 aliphatic rings. The minimum Gasteiger partial charge on any atom is -0.388 e. The van der Waals surface area contributed by atoms with Crippen LogP contribution in [0.15, 0.2) is 29.2 Å². The van der Waals surface area contributed by atoms with Crippen LogP contribution in [0.5, 0.6) is 0 Å². The highest BCUT2D eigenvalue weighted by Crippen LogP contribution is 2.29. The lowest BCUT2D eigenvalue weighted by Gasteiger charge is -2.23. The molecule has 0 radical (unpaired) electrons. The van der Waals surface area contributed by atoms with Crippen molar-refractivity contribution in [1.82, 2.24) is 4.72 Å². The summed E-state index contributed by atoms with van der Waals surface area (Å²) in [6.07, 6.45) is 3.79. The third kappa shape index (κ3) is 3.46. The van der Waals surface area contributed by atoms with Gasteiger partial charge in [0, 0.05) is 12.2 Å². The van der Waals surface area contributed by atoms with Crippen molar-refractivity contribution in [1.29, 1.82) is 0 Å². The van der Waals surface area contributed by atoms with Crippen LogP contribution in [0.3, 0.4) is 0 Å². The van der Waals surface area contributed by atoms with E-state index in [2.05, 4.69) is 10.0 Å². The number of sulfonamides is 1. The number of aliphatic hydroxyl groups is 1. The monoisotopic (exact) mass is 284 g/mol. The van der Waals surface area contributed by atoms with Gasteiger partial charge < -0.3 is 10.4 Å². The molecule has 0 atom stereocenters. The van der Waals surface area contributed by atoms with E-state index >= 15 is 0 Å². The van der Waals surface area contributed by atoms with E-state index in [4.69, 9.17) is 0 Å². The van der Waals surface area contributed by atoms with E-state index in [1.165, 1.54) is 7.05 Å². The zero-order chi connectivity index (χ0) is 13.9. The molecule has 1 fully saturated rings. The summed E-state index contributed by atoms with van der Waals surface area (Å²) in [6, 6.07) is 6.52. The zero-order valence-electron chi connectivity index (χ0n) is 11.0. The van der Waals surface area contributed by atoms with E-state index in [0.29, 0.717) is 6.54 Å². The molecule has 0 aromatic heterocycles. The molecule has 0 saturated heterocycles. The lowest BCUT2D eigenvalue weighted by atomic mass is 10.0. The molecule has 0 unspecified atom stereocenters. The number of hydrogen-bond acceptors (Lipinski definition) is 4. The summed E-state index contributed by atoms with van der Waals surface area (Å²) < 4.78 is 25.4. The van der Waals surface area contributed by atoms with Gasteiger partial charge in [-0.25, -0.2) is 13.1 Å². The van der Waals surface area contributed by atoms with Gasteiger partial charge in [0.15, 0.2) is 0 Å². The van der Waals surface area contributed by atoms with Crippen molar-refractivity contribution in [3.8, 4) is 0 Å². The van der Waals surface area contributed by atoms with Crippen LogP contribution in [-0.4, -0.2) is 32.7 Å². The van der Waals surface area contributed by atoms with Crippen LogP contribution in [0.2, 0.25) is 0 Å². The predicted molar refractivity (Wildman–Crippen MR) is 74.6 cm³/mol. The van der Waals surface area contributed by atoms with E-state index in [9.17, 15) is 13.5 Å². The van der Waals surface area contributed by atoms with E-state index in [1.54, 1.807) is 24.3 Å². The van der Waals surface area contributed by atoms with Crippen LogP contribution in [-0.2, 0) is 10.0 Å². The van der Waals surface area contributed by atoms with Crippen molar-refractivity contribution in [2.24, 2.45) is 0 Å². The highest BCUT2D eigenvalue weighted by atomic mass is 32.2. The van der Waals surface area contributed by atoms with Crippen molar-refractivity contribution in [2.45, 2.75) is 36.2 Å². The maximum Gasteiger partial charge on any atom is 0.240 e. The predicted octanol–water partition coefficient (Wildman–Crippen LogP) is 1.31. The molecule has 0 heterocycles. The van der Waals surface area contributed by atoms with Gasteiger partial charge in [-0.15, -0.1) is 0 Å². The molecule has 0 amide bonds. The van der Waals surface area contributed by atoms with Crippen molar-refractivity contribution < 1.29 is 13.5 Å². The quantitative estimate of drug-likeness (QED) is 0.762. The van der Waals surface area contributed by atoms with Crippen LogP contribution in [0.1, 0.15) is 25.7 Å². The second kappa shape index (κ2) is 5.48. The summed E-state index contributed by atoms with van der Waals surface area (Å²) in [7, 11) is -2.00. The molecule has 0 spiro atoms. The lowest BCUT2D eigenvalue weighted by Crippen LogP contribution is -2.33. The van der Waals surface area contributed by atoms with E-state index < -0.39 is 15.6 Å². The summed E-state index contributed by atoms with van der Waals surface area (Å²) in [4.78, 5) is 0.236. The smallest absolute Gasteiger partial charge is 0.240 e. The molecule has 1 saturated carbocycles. The second-order valence-electron chi connectivity index (χ2n) is 5.02. The summed E-state index contributed by atoms with van der Waals surface area (Å²) in [5, 5.41) is 13.4. The van der Waals surface area contributed by atoms with Gasteiger partial charge in [-0.1, -0.05) is 12.8 Å². The highest BCUT2D eigenvalue weighted by Gasteiger charge is 2.30. The lowest BCUT2D eigenvalue weighted by molar-refractivity contribution is 0.0615. The van der Waals surface area contributed by atoms with Gasteiger partial charge in [-0.3, -0.25) is 0 Å². The molecule has 1 aromatic rings. The Morgan fingerprint density at radius 1 is 1.21 bits per heavy atom. The first-order chi connectivity index (χ1) is 8.95. The molecule has 6 heteroatoms. The van der Waals surface area contributed by atoms with Crippen LogP contribution in [0.4, 0.5) is 5.69 Å². The Morgan fingerprint density at radius 3 is 2.32 bits per heavy atom. The Bertz CT molecular complexity index is 519. The standard InChI is InChI=1S/C13H20N2O3S/c1-14-19(17,18)12-6-4-11(5-7-12)15-10-13(16)8-2-3-9-13/h4-7,14-16H,2-3,8-10H2,1H3. The van der Waals surface area contributed by atoms with Crippen LogP contribution < -0.4 is 10.0 Å². The Morgan fingerprint density at radius 2 is 1.79 bits per heavy atom. The van der Waals surface area contributed by atoms with Crippen molar-refractivity contribution in [2.75, 3.05) is 18.9 Å². The van der Waals surface area contributed by atoms with Gasteiger partial charge >= 0.3 is 0 Å². The van der Waals surface area contributed by atoms with Crippen LogP contribution in [0.25, 0.3) is 0 Å². The molecule has 5 nitrogen and oxygen atoms in total. The maximum absolute atomic E-state index is 11.6. The van der Waals surface area contributed by atoms with Gasteiger partial charge in [0.1, 0.15) is 0 Å². The Hall–Kier alpha value is -1.11. The topological polar surface area (TPSA) is 78.4 Å².